The molecule has 0 saturated heterocycles. The number of aromatic carboxylic acids is 1. The number of rotatable bonds is 6. The van der Waals surface area contributed by atoms with E-state index in [1.165, 1.54) is 12.1 Å². The summed E-state index contributed by atoms with van der Waals surface area (Å²) in [5, 5.41) is 17.7. The SMILES string of the molecule is Cn1cc(C(NCc2ccc(C(=O)O)c3cccnc23)c2ccc(F)cc2)cn1. The number of pyridine rings is 1. The molecule has 0 spiro atoms. The van der Waals surface area contributed by atoms with E-state index in [0.717, 1.165) is 16.7 Å². The van der Waals surface area contributed by atoms with Crippen molar-refractivity contribution in [1.29, 1.82) is 0 Å². The van der Waals surface area contributed by atoms with Crippen LogP contribution in [0.1, 0.15) is 33.1 Å². The minimum atomic E-state index is -0.984. The standard InChI is InChI=1S/C22H19FN4O2/c1-27-13-16(12-26-27)20(14-4-7-17(23)8-5-14)25-11-15-6-9-19(22(28)29)18-3-2-10-24-21(15)18/h2-10,12-13,20,25H,11H2,1H3,(H,28,29). The first-order valence-corrected chi connectivity index (χ1v) is 9.10. The summed E-state index contributed by atoms with van der Waals surface area (Å²) in [7, 11) is 1.84. The number of hydrogen-bond acceptors (Lipinski definition) is 4. The van der Waals surface area contributed by atoms with Crippen LogP contribution in [0.25, 0.3) is 10.9 Å². The number of nitrogens with zero attached hydrogens (tertiary/aromatic N) is 3. The van der Waals surface area contributed by atoms with Gasteiger partial charge in [0.15, 0.2) is 0 Å². The van der Waals surface area contributed by atoms with Crippen molar-refractivity contribution in [3.8, 4) is 0 Å². The van der Waals surface area contributed by atoms with Crippen molar-refractivity contribution < 1.29 is 14.3 Å². The van der Waals surface area contributed by atoms with Gasteiger partial charge in [-0.1, -0.05) is 24.3 Å². The predicted molar refractivity (Wildman–Crippen MR) is 107 cm³/mol. The first-order chi connectivity index (χ1) is 14.0. The predicted octanol–water partition coefficient (Wildman–Crippen LogP) is 3.68. The van der Waals surface area contributed by atoms with Gasteiger partial charge in [0.05, 0.1) is 23.3 Å². The summed E-state index contributed by atoms with van der Waals surface area (Å²) in [5.74, 6) is -1.28. The van der Waals surface area contributed by atoms with Gasteiger partial charge in [0.1, 0.15) is 5.82 Å². The first kappa shape index (κ1) is 18.8. The molecule has 2 aromatic heterocycles. The molecule has 4 rings (SSSR count). The van der Waals surface area contributed by atoms with Crippen molar-refractivity contribution in [2.75, 3.05) is 0 Å². The van der Waals surface area contributed by atoms with Crippen molar-refractivity contribution in [3.63, 3.8) is 0 Å². The normalized spacial score (nSPS) is 12.2. The van der Waals surface area contributed by atoms with Crippen LogP contribution in [0.2, 0.25) is 0 Å². The van der Waals surface area contributed by atoms with Crippen LogP contribution in [-0.2, 0) is 13.6 Å². The Morgan fingerprint density at radius 1 is 1.17 bits per heavy atom. The number of nitrogens with one attached hydrogen (secondary N) is 1. The van der Waals surface area contributed by atoms with Gasteiger partial charge in [0.2, 0.25) is 0 Å². The molecule has 0 bridgehead atoms. The minimum absolute atomic E-state index is 0.206. The van der Waals surface area contributed by atoms with Gasteiger partial charge in [-0.05, 0) is 35.4 Å². The Labute approximate surface area is 166 Å². The molecule has 7 heteroatoms. The number of fused-ring (bicyclic) bond motifs is 1. The fraction of sp³-hybridized carbons (Fsp3) is 0.136. The summed E-state index contributed by atoms with van der Waals surface area (Å²) in [5.41, 5.74) is 3.59. The molecule has 0 radical (unpaired) electrons. The average Bonchev–Trinajstić information content (AvgIpc) is 3.15. The summed E-state index contributed by atoms with van der Waals surface area (Å²) in [6.45, 7) is 0.449. The van der Waals surface area contributed by atoms with Gasteiger partial charge in [-0.25, -0.2) is 9.18 Å². The van der Waals surface area contributed by atoms with Crippen molar-refractivity contribution in [2.24, 2.45) is 7.05 Å². The molecule has 0 aliphatic heterocycles. The van der Waals surface area contributed by atoms with Gasteiger partial charge in [0.25, 0.3) is 0 Å². The van der Waals surface area contributed by atoms with E-state index in [0.29, 0.717) is 17.4 Å². The van der Waals surface area contributed by atoms with E-state index in [9.17, 15) is 14.3 Å². The van der Waals surface area contributed by atoms with E-state index in [4.69, 9.17) is 0 Å². The zero-order chi connectivity index (χ0) is 20.4. The summed E-state index contributed by atoms with van der Waals surface area (Å²) in [6, 6.07) is 13.0. The van der Waals surface area contributed by atoms with Crippen LogP contribution in [0.4, 0.5) is 4.39 Å². The highest BCUT2D eigenvalue weighted by atomic mass is 19.1. The molecule has 1 atom stereocenters. The van der Waals surface area contributed by atoms with Crippen LogP contribution in [0, 0.1) is 5.82 Å². The second-order valence-electron chi connectivity index (χ2n) is 6.79. The number of carbonyl (C=O) groups is 1. The third-order valence-electron chi connectivity index (χ3n) is 4.84. The molecule has 29 heavy (non-hydrogen) atoms. The summed E-state index contributed by atoms with van der Waals surface area (Å²) < 4.78 is 15.1. The fourth-order valence-electron chi connectivity index (χ4n) is 3.44. The van der Waals surface area contributed by atoms with Crippen molar-refractivity contribution in [3.05, 3.63) is 95.2 Å². The number of hydrogen-bond donors (Lipinski definition) is 2. The second kappa shape index (κ2) is 7.81. The highest BCUT2D eigenvalue weighted by molar-refractivity contribution is 6.03. The van der Waals surface area contributed by atoms with Gasteiger partial charge in [-0.2, -0.15) is 5.10 Å². The Hall–Kier alpha value is -3.58. The molecule has 0 aliphatic rings. The van der Waals surface area contributed by atoms with Gasteiger partial charge >= 0.3 is 5.97 Å². The fourth-order valence-corrected chi connectivity index (χ4v) is 3.44. The smallest absolute Gasteiger partial charge is 0.336 e. The number of carboxylic acids is 1. The van der Waals surface area contributed by atoms with Crippen LogP contribution in [0.5, 0.6) is 0 Å². The van der Waals surface area contributed by atoms with Crippen molar-refractivity contribution >= 4 is 16.9 Å². The number of halogens is 1. The van der Waals surface area contributed by atoms with Crippen LogP contribution in [0.3, 0.4) is 0 Å². The van der Waals surface area contributed by atoms with Gasteiger partial charge < -0.3 is 10.4 Å². The summed E-state index contributed by atoms with van der Waals surface area (Å²) >= 11 is 0. The molecule has 2 N–H and O–H groups in total. The van der Waals surface area contributed by atoms with E-state index in [1.807, 2.05) is 13.2 Å². The Morgan fingerprint density at radius 2 is 1.97 bits per heavy atom. The zero-order valence-electron chi connectivity index (χ0n) is 15.7. The maximum atomic E-state index is 13.4. The molecule has 0 amide bonds. The Morgan fingerprint density at radius 3 is 2.66 bits per heavy atom. The monoisotopic (exact) mass is 390 g/mol. The summed E-state index contributed by atoms with van der Waals surface area (Å²) in [6.07, 6.45) is 5.33. The lowest BCUT2D eigenvalue weighted by Gasteiger charge is -2.19. The molecule has 2 aromatic carbocycles. The third kappa shape index (κ3) is 3.86. The average molecular weight is 390 g/mol. The molecule has 4 aromatic rings. The van der Waals surface area contributed by atoms with Crippen LogP contribution in [0.15, 0.2) is 67.1 Å². The molecule has 2 heterocycles. The lowest BCUT2D eigenvalue weighted by molar-refractivity contribution is 0.0699. The highest BCUT2D eigenvalue weighted by Crippen LogP contribution is 2.25. The number of carboxylic acid groups (broad SMARTS) is 1. The quantitative estimate of drug-likeness (QED) is 0.525. The maximum absolute atomic E-state index is 13.4. The molecular weight excluding hydrogens is 371 g/mol. The minimum Gasteiger partial charge on any atom is -0.478 e. The van der Waals surface area contributed by atoms with E-state index in [1.54, 1.807) is 53.5 Å². The Bertz CT molecular complexity index is 1170. The maximum Gasteiger partial charge on any atom is 0.336 e. The number of aromatic nitrogens is 3. The number of benzene rings is 2. The van der Waals surface area contributed by atoms with E-state index >= 15 is 0 Å². The first-order valence-electron chi connectivity index (χ1n) is 9.10. The molecule has 1 unspecified atom stereocenters. The largest absolute Gasteiger partial charge is 0.478 e. The van der Waals surface area contributed by atoms with Crippen LogP contribution >= 0.6 is 0 Å². The topological polar surface area (TPSA) is 80.0 Å². The van der Waals surface area contributed by atoms with E-state index < -0.39 is 5.97 Å². The van der Waals surface area contributed by atoms with Gasteiger partial charge in [0, 0.05) is 36.9 Å². The Balaban J connectivity index is 1.68. The third-order valence-corrected chi connectivity index (χ3v) is 4.84. The van der Waals surface area contributed by atoms with E-state index in [-0.39, 0.29) is 17.4 Å². The highest BCUT2D eigenvalue weighted by Gasteiger charge is 2.17. The van der Waals surface area contributed by atoms with Crippen molar-refractivity contribution in [1.82, 2.24) is 20.1 Å². The van der Waals surface area contributed by atoms with Crippen LogP contribution in [-0.4, -0.2) is 25.8 Å². The molecule has 0 saturated carbocycles. The molecule has 146 valence electrons. The van der Waals surface area contributed by atoms with E-state index in [2.05, 4.69) is 15.4 Å². The molecule has 6 nitrogen and oxygen atoms in total. The lowest BCUT2D eigenvalue weighted by atomic mass is 10.00. The Kier molecular flexibility index (Phi) is 5.05. The molecule has 0 aliphatic carbocycles. The number of aryl methyl sites for hydroxylation is 1. The molecular formula is C22H19FN4O2. The lowest BCUT2D eigenvalue weighted by Crippen LogP contribution is -2.22. The van der Waals surface area contributed by atoms with Crippen molar-refractivity contribution in [2.45, 2.75) is 12.6 Å². The second-order valence-corrected chi connectivity index (χ2v) is 6.79. The van der Waals surface area contributed by atoms with Gasteiger partial charge in [-0.3, -0.25) is 9.67 Å². The van der Waals surface area contributed by atoms with Crippen LogP contribution < -0.4 is 5.32 Å². The zero-order valence-corrected chi connectivity index (χ0v) is 15.7. The van der Waals surface area contributed by atoms with Gasteiger partial charge in [-0.15, -0.1) is 0 Å². The molecule has 0 fully saturated rings. The summed E-state index contributed by atoms with van der Waals surface area (Å²) in [4.78, 5) is 15.9.